The molecular weight excluding hydrogens is 455 g/mol. The van der Waals surface area contributed by atoms with Gasteiger partial charge in [0.15, 0.2) is 6.61 Å². The van der Waals surface area contributed by atoms with Crippen LogP contribution in [0, 0.1) is 11.3 Å². The number of rotatable bonds is 4. The van der Waals surface area contributed by atoms with Crippen molar-refractivity contribution in [1.82, 2.24) is 5.01 Å². The maximum absolute atomic E-state index is 13.6. The SMILES string of the molecule is N#Cc1ccccc1OCC(=O)N1N=C(c2ccc(Br)cc2)C[C@]1(O)C(F)(F)F. The lowest BCUT2D eigenvalue weighted by molar-refractivity contribution is -0.302. The molecule has 0 aromatic heterocycles. The highest BCUT2D eigenvalue weighted by Crippen LogP contribution is 2.41. The number of hydrazone groups is 1. The van der Waals surface area contributed by atoms with Crippen LogP contribution in [0.15, 0.2) is 58.1 Å². The zero-order valence-electron chi connectivity index (χ0n) is 14.7. The number of nitrogens with zero attached hydrogens (tertiary/aromatic N) is 3. The molecule has 1 atom stereocenters. The van der Waals surface area contributed by atoms with Gasteiger partial charge in [-0.1, -0.05) is 40.2 Å². The van der Waals surface area contributed by atoms with E-state index in [1.807, 2.05) is 6.07 Å². The van der Waals surface area contributed by atoms with Gasteiger partial charge in [-0.15, -0.1) is 0 Å². The van der Waals surface area contributed by atoms with Crippen LogP contribution in [0.2, 0.25) is 0 Å². The molecule has 2 aromatic carbocycles. The molecule has 0 bridgehead atoms. The monoisotopic (exact) mass is 467 g/mol. The predicted octanol–water partition coefficient (Wildman–Crippen LogP) is 3.59. The number of hydrogen-bond donors (Lipinski definition) is 1. The van der Waals surface area contributed by atoms with E-state index in [2.05, 4.69) is 21.0 Å². The third-order valence-corrected chi connectivity index (χ3v) is 4.74. The second kappa shape index (κ2) is 7.85. The highest BCUT2D eigenvalue weighted by atomic mass is 79.9. The highest BCUT2D eigenvalue weighted by molar-refractivity contribution is 9.10. The van der Waals surface area contributed by atoms with E-state index in [4.69, 9.17) is 10.00 Å². The van der Waals surface area contributed by atoms with Gasteiger partial charge in [0, 0.05) is 4.47 Å². The zero-order valence-corrected chi connectivity index (χ0v) is 16.2. The number of aliphatic hydroxyl groups is 1. The van der Waals surface area contributed by atoms with Crippen molar-refractivity contribution < 1.29 is 27.8 Å². The summed E-state index contributed by atoms with van der Waals surface area (Å²) in [6.45, 7) is -0.839. The van der Waals surface area contributed by atoms with Crippen LogP contribution in [0.4, 0.5) is 13.2 Å². The third kappa shape index (κ3) is 4.11. The summed E-state index contributed by atoms with van der Waals surface area (Å²) in [5, 5.41) is 23.0. The van der Waals surface area contributed by atoms with Gasteiger partial charge in [0.05, 0.1) is 17.7 Å². The van der Waals surface area contributed by atoms with Crippen LogP contribution in [-0.2, 0) is 4.79 Å². The van der Waals surface area contributed by atoms with Crippen LogP contribution in [0.5, 0.6) is 5.75 Å². The van der Waals surface area contributed by atoms with Gasteiger partial charge in [-0.05, 0) is 29.8 Å². The molecule has 0 saturated carbocycles. The number of ether oxygens (including phenoxy) is 1. The number of carbonyl (C=O) groups excluding carboxylic acids is 1. The Bertz CT molecular complexity index is 1000. The summed E-state index contributed by atoms with van der Waals surface area (Å²) in [6, 6.07) is 14.1. The van der Waals surface area contributed by atoms with E-state index >= 15 is 0 Å². The van der Waals surface area contributed by atoms with E-state index in [0.29, 0.717) is 10.0 Å². The third-order valence-electron chi connectivity index (χ3n) is 4.21. The first kappa shape index (κ1) is 20.8. The Hall–Kier alpha value is -2.90. The fourth-order valence-electron chi connectivity index (χ4n) is 2.72. The molecule has 1 heterocycles. The average molecular weight is 468 g/mol. The summed E-state index contributed by atoms with van der Waals surface area (Å²) in [6.07, 6.45) is -6.06. The first-order chi connectivity index (χ1) is 13.7. The van der Waals surface area contributed by atoms with E-state index in [1.54, 1.807) is 24.3 Å². The van der Waals surface area contributed by atoms with Crippen LogP contribution in [-0.4, -0.2) is 40.2 Å². The smallest absolute Gasteiger partial charge is 0.438 e. The van der Waals surface area contributed by atoms with Crippen LogP contribution >= 0.6 is 15.9 Å². The zero-order chi connectivity index (χ0) is 21.2. The van der Waals surface area contributed by atoms with Crippen molar-refractivity contribution in [3.8, 4) is 11.8 Å². The highest BCUT2D eigenvalue weighted by Gasteiger charge is 2.63. The van der Waals surface area contributed by atoms with Crippen LogP contribution < -0.4 is 4.74 Å². The molecule has 1 N–H and O–H groups in total. The average Bonchev–Trinajstić information content (AvgIpc) is 3.06. The molecule has 150 valence electrons. The number of nitriles is 1. The summed E-state index contributed by atoms with van der Waals surface area (Å²) < 4.78 is 46.7. The van der Waals surface area contributed by atoms with Gasteiger partial charge in [-0.25, -0.2) is 0 Å². The second-order valence-corrected chi connectivity index (χ2v) is 7.06. The minimum absolute atomic E-state index is 0.000629. The molecule has 6 nitrogen and oxygen atoms in total. The molecule has 1 aliphatic rings. The second-order valence-electron chi connectivity index (χ2n) is 6.15. The number of benzene rings is 2. The van der Waals surface area contributed by atoms with E-state index in [1.165, 1.54) is 24.3 Å². The lowest BCUT2D eigenvalue weighted by Gasteiger charge is -2.32. The molecule has 10 heteroatoms. The van der Waals surface area contributed by atoms with E-state index in [-0.39, 0.29) is 22.0 Å². The Kier molecular flexibility index (Phi) is 5.64. The molecule has 0 aliphatic carbocycles. The number of para-hydroxylation sites is 1. The standard InChI is InChI=1S/C19H13BrF3N3O3/c20-14-7-5-12(6-8-14)15-9-18(28,19(21,22)23)26(25-15)17(27)11-29-16-4-2-1-3-13(16)10-24/h1-8,28H,9,11H2/t18-/m0/s1. The van der Waals surface area contributed by atoms with Gasteiger partial charge < -0.3 is 9.84 Å². The number of halogens is 4. The summed E-state index contributed by atoms with van der Waals surface area (Å²) in [7, 11) is 0. The number of carbonyl (C=O) groups is 1. The topological polar surface area (TPSA) is 85.9 Å². The van der Waals surface area contributed by atoms with Crippen molar-refractivity contribution in [2.75, 3.05) is 6.61 Å². The minimum Gasteiger partial charge on any atom is -0.482 e. The maximum Gasteiger partial charge on any atom is 0.438 e. The van der Waals surface area contributed by atoms with Crippen molar-refractivity contribution in [3.63, 3.8) is 0 Å². The molecular formula is C19H13BrF3N3O3. The Labute approximate surface area is 171 Å². The van der Waals surface area contributed by atoms with Crippen molar-refractivity contribution in [3.05, 3.63) is 64.1 Å². The van der Waals surface area contributed by atoms with Gasteiger partial charge >= 0.3 is 6.18 Å². The summed E-state index contributed by atoms with van der Waals surface area (Å²) in [5.74, 6) is -1.17. The normalized spacial score (nSPS) is 18.9. The van der Waals surface area contributed by atoms with Crippen LogP contribution in [0.1, 0.15) is 17.5 Å². The molecule has 0 fully saturated rings. The van der Waals surface area contributed by atoms with Crippen LogP contribution in [0.3, 0.4) is 0 Å². The summed E-state index contributed by atoms with van der Waals surface area (Å²) >= 11 is 3.22. The number of hydrogen-bond acceptors (Lipinski definition) is 5. The molecule has 29 heavy (non-hydrogen) atoms. The Morgan fingerprint density at radius 2 is 1.93 bits per heavy atom. The first-order valence-corrected chi connectivity index (χ1v) is 9.02. The van der Waals surface area contributed by atoms with E-state index in [0.717, 1.165) is 0 Å². The first-order valence-electron chi connectivity index (χ1n) is 8.23. The van der Waals surface area contributed by atoms with Gasteiger partial charge in [-0.3, -0.25) is 4.79 Å². The summed E-state index contributed by atoms with van der Waals surface area (Å²) in [5.41, 5.74) is -3.14. The molecule has 1 aliphatic heterocycles. The lowest BCUT2D eigenvalue weighted by Crippen LogP contribution is -2.57. The molecule has 0 radical (unpaired) electrons. The summed E-state index contributed by atoms with van der Waals surface area (Å²) in [4.78, 5) is 12.5. The number of alkyl halides is 3. The largest absolute Gasteiger partial charge is 0.482 e. The van der Waals surface area contributed by atoms with Gasteiger partial charge in [-0.2, -0.15) is 28.5 Å². The van der Waals surface area contributed by atoms with E-state index < -0.39 is 30.8 Å². The van der Waals surface area contributed by atoms with Crippen LogP contribution in [0.25, 0.3) is 0 Å². The Morgan fingerprint density at radius 1 is 1.28 bits per heavy atom. The Balaban J connectivity index is 1.87. The van der Waals surface area contributed by atoms with Crippen molar-refractivity contribution >= 4 is 27.5 Å². The molecule has 2 aromatic rings. The van der Waals surface area contributed by atoms with Crippen molar-refractivity contribution in [2.24, 2.45) is 5.10 Å². The molecule has 3 rings (SSSR count). The molecule has 1 amide bonds. The predicted molar refractivity (Wildman–Crippen MR) is 99.8 cm³/mol. The van der Waals surface area contributed by atoms with E-state index in [9.17, 15) is 23.1 Å². The minimum atomic E-state index is -5.15. The molecule has 0 saturated heterocycles. The Morgan fingerprint density at radius 3 is 2.55 bits per heavy atom. The molecule has 0 unspecified atom stereocenters. The van der Waals surface area contributed by atoms with Gasteiger partial charge in [0.2, 0.25) is 0 Å². The number of amides is 1. The lowest BCUT2D eigenvalue weighted by atomic mass is 10.0. The van der Waals surface area contributed by atoms with Crippen molar-refractivity contribution in [1.29, 1.82) is 5.26 Å². The van der Waals surface area contributed by atoms with Gasteiger partial charge in [0.1, 0.15) is 11.8 Å². The fraction of sp³-hybridized carbons (Fsp3) is 0.211. The van der Waals surface area contributed by atoms with Gasteiger partial charge in [0.25, 0.3) is 11.6 Å². The quantitative estimate of drug-likeness (QED) is 0.744. The molecule has 0 spiro atoms. The fourth-order valence-corrected chi connectivity index (χ4v) is 2.98. The van der Waals surface area contributed by atoms with Crippen molar-refractivity contribution in [2.45, 2.75) is 18.3 Å². The maximum atomic E-state index is 13.6.